The Labute approximate surface area is 113 Å². The highest BCUT2D eigenvalue weighted by atomic mass is 16.5. The van der Waals surface area contributed by atoms with E-state index in [1.165, 1.54) is 24.1 Å². The molecule has 1 aliphatic carbocycles. The summed E-state index contributed by atoms with van der Waals surface area (Å²) in [6.07, 6.45) is 4.52. The van der Waals surface area contributed by atoms with Crippen molar-refractivity contribution in [1.82, 2.24) is 9.78 Å². The third-order valence-corrected chi connectivity index (χ3v) is 3.58. The number of nitrogens with two attached hydrogens (primary N) is 1. The van der Waals surface area contributed by atoms with Gasteiger partial charge in [-0.25, -0.2) is 4.68 Å². The second-order valence-corrected chi connectivity index (χ2v) is 4.86. The summed E-state index contributed by atoms with van der Waals surface area (Å²) in [5.41, 5.74) is 9.55. The van der Waals surface area contributed by atoms with Crippen LogP contribution in [0.15, 0.2) is 24.3 Å². The predicted molar refractivity (Wildman–Crippen MR) is 75.8 cm³/mol. The molecule has 0 unspecified atom stereocenters. The molecule has 100 valence electrons. The van der Waals surface area contributed by atoms with Gasteiger partial charge < -0.3 is 10.5 Å². The topological polar surface area (TPSA) is 53.1 Å². The lowest BCUT2D eigenvalue weighted by atomic mass is 9.97. The van der Waals surface area contributed by atoms with Gasteiger partial charge in [-0.3, -0.25) is 0 Å². The maximum absolute atomic E-state index is 6.03. The molecule has 1 heterocycles. The summed E-state index contributed by atoms with van der Waals surface area (Å²) in [6, 6.07) is 8.02. The van der Waals surface area contributed by atoms with Gasteiger partial charge in [-0.15, -0.1) is 0 Å². The van der Waals surface area contributed by atoms with Gasteiger partial charge in [0.05, 0.1) is 12.3 Å². The van der Waals surface area contributed by atoms with Crippen LogP contribution in [0.25, 0.3) is 5.69 Å². The van der Waals surface area contributed by atoms with E-state index in [-0.39, 0.29) is 0 Å². The monoisotopic (exact) mass is 257 g/mol. The zero-order valence-corrected chi connectivity index (χ0v) is 11.2. The smallest absolute Gasteiger partial charge is 0.149 e. The summed E-state index contributed by atoms with van der Waals surface area (Å²) < 4.78 is 7.53. The molecule has 3 rings (SSSR count). The summed E-state index contributed by atoms with van der Waals surface area (Å²) in [4.78, 5) is 0. The van der Waals surface area contributed by atoms with E-state index in [1.54, 1.807) is 0 Å². The molecule has 1 aromatic heterocycles. The molecule has 19 heavy (non-hydrogen) atoms. The number of hydrogen-bond donors (Lipinski definition) is 1. The standard InChI is InChI=1S/C15H19N3O/c1-2-19-12-7-5-6-11(10-12)18-14-9-4-3-8-13(14)15(16)17-18/h5-7,10H,2-4,8-9H2,1H3,(H2,16,17). The largest absolute Gasteiger partial charge is 0.494 e. The van der Waals surface area contributed by atoms with Gasteiger partial charge in [0.25, 0.3) is 0 Å². The Morgan fingerprint density at radius 2 is 2.16 bits per heavy atom. The number of rotatable bonds is 3. The average Bonchev–Trinajstić information content (AvgIpc) is 2.78. The maximum Gasteiger partial charge on any atom is 0.149 e. The van der Waals surface area contributed by atoms with Crippen LogP contribution in [0.4, 0.5) is 5.82 Å². The van der Waals surface area contributed by atoms with Crippen LogP contribution >= 0.6 is 0 Å². The van der Waals surface area contributed by atoms with E-state index in [9.17, 15) is 0 Å². The Balaban J connectivity index is 2.04. The van der Waals surface area contributed by atoms with E-state index in [2.05, 4.69) is 5.10 Å². The second-order valence-electron chi connectivity index (χ2n) is 4.86. The van der Waals surface area contributed by atoms with Crippen LogP contribution in [-0.4, -0.2) is 16.4 Å². The molecule has 0 saturated carbocycles. The Morgan fingerprint density at radius 3 is 3.00 bits per heavy atom. The lowest BCUT2D eigenvalue weighted by molar-refractivity contribution is 0.340. The lowest BCUT2D eigenvalue weighted by Crippen LogP contribution is -2.08. The number of nitrogen functional groups attached to an aromatic ring is 1. The van der Waals surface area contributed by atoms with E-state index >= 15 is 0 Å². The number of nitrogens with zero attached hydrogens (tertiary/aromatic N) is 2. The van der Waals surface area contributed by atoms with Gasteiger partial charge in [0.15, 0.2) is 0 Å². The van der Waals surface area contributed by atoms with Gasteiger partial charge in [-0.1, -0.05) is 6.07 Å². The number of hydrogen-bond acceptors (Lipinski definition) is 3. The minimum atomic E-state index is 0.669. The highest BCUT2D eigenvalue weighted by molar-refractivity contribution is 5.49. The molecule has 4 nitrogen and oxygen atoms in total. The predicted octanol–water partition coefficient (Wildman–Crippen LogP) is 2.73. The third kappa shape index (κ3) is 2.18. The quantitative estimate of drug-likeness (QED) is 0.919. The first-order valence-electron chi connectivity index (χ1n) is 6.89. The van der Waals surface area contributed by atoms with Crippen molar-refractivity contribution in [1.29, 1.82) is 0 Å². The molecule has 2 N–H and O–H groups in total. The Morgan fingerprint density at radius 1 is 1.32 bits per heavy atom. The van der Waals surface area contributed by atoms with E-state index < -0.39 is 0 Å². The molecular formula is C15H19N3O. The summed E-state index contributed by atoms with van der Waals surface area (Å²) in [7, 11) is 0. The fraction of sp³-hybridized carbons (Fsp3) is 0.400. The molecule has 1 aromatic carbocycles. The number of anilines is 1. The van der Waals surface area contributed by atoms with Crippen molar-refractivity contribution in [3.8, 4) is 11.4 Å². The zero-order chi connectivity index (χ0) is 13.2. The van der Waals surface area contributed by atoms with Crippen LogP contribution < -0.4 is 10.5 Å². The van der Waals surface area contributed by atoms with Gasteiger partial charge in [-0.05, 0) is 44.7 Å². The summed E-state index contributed by atoms with van der Waals surface area (Å²) in [5.74, 6) is 1.55. The van der Waals surface area contributed by atoms with E-state index in [1.807, 2.05) is 35.9 Å². The van der Waals surface area contributed by atoms with E-state index in [0.29, 0.717) is 12.4 Å². The van der Waals surface area contributed by atoms with Crippen LogP contribution in [0.5, 0.6) is 5.75 Å². The Bertz CT molecular complexity index is 589. The first-order valence-corrected chi connectivity index (χ1v) is 6.89. The summed E-state index contributed by atoms with van der Waals surface area (Å²) in [6.45, 7) is 2.66. The molecule has 0 spiro atoms. The van der Waals surface area contributed by atoms with Crippen LogP contribution in [0, 0.1) is 0 Å². The summed E-state index contributed by atoms with van der Waals surface area (Å²) in [5, 5.41) is 4.50. The highest BCUT2D eigenvalue weighted by Crippen LogP contribution is 2.29. The molecule has 0 amide bonds. The van der Waals surface area contributed by atoms with Crippen molar-refractivity contribution < 1.29 is 4.74 Å². The molecule has 4 heteroatoms. The van der Waals surface area contributed by atoms with Crippen LogP contribution in [0.1, 0.15) is 31.0 Å². The van der Waals surface area contributed by atoms with Crippen molar-refractivity contribution in [2.45, 2.75) is 32.6 Å². The number of fused-ring (bicyclic) bond motifs is 1. The van der Waals surface area contributed by atoms with Gasteiger partial charge in [0.2, 0.25) is 0 Å². The minimum Gasteiger partial charge on any atom is -0.494 e. The Kier molecular flexibility index (Phi) is 3.15. The van der Waals surface area contributed by atoms with Gasteiger partial charge in [0.1, 0.15) is 11.6 Å². The van der Waals surface area contributed by atoms with Gasteiger partial charge in [0, 0.05) is 17.3 Å². The molecule has 2 aromatic rings. The van der Waals surface area contributed by atoms with Crippen LogP contribution in [0.3, 0.4) is 0 Å². The fourth-order valence-corrected chi connectivity index (χ4v) is 2.71. The van der Waals surface area contributed by atoms with Crippen molar-refractivity contribution in [2.75, 3.05) is 12.3 Å². The molecule has 0 aliphatic heterocycles. The van der Waals surface area contributed by atoms with Crippen molar-refractivity contribution in [3.05, 3.63) is 35.5 Å². The van der Waals surface area contributed by atoms with Crippen LogP contribution in [-0.2, 0) is 12.8 Å². The molecule has 0 radical (unpaired) electrons. The van der Waals surface area contributed by atoms with Crippen molar-refractivity contribution in [3.63, 3.8) is 0 Å². The average molecular weight is 257 g/mol. The minimum absolute atomic E-state index is 0.669. The molecule has 0 bridgehead atoms. The molecule has 0 saturated heterocycles. The highest BCUT2D eigenvalue weighted by Gasteiger charge is 2.20. The second kappa shape index (κ2) is 4.96. The number of aromatic nitrogens is 2. The van der Waals surface area contributed by atoms with Gasteiger partial charge >= 0.3 is 0 Å². The van der Waals surface area contributed by atoms with Crippen LogP contribution in [0.2, 0.25) is 0 Å². The lowest BCUT2D eigenvalue weighted by Gasteiger charge is -2.14. The molecular weight excluding hydrogens is 238 g/mol. The third-order valence-electron chi connectivity index (χ3n) is 3.58. The zero-order valence-electron chi connectivity index (χ0n) is 11.2. The number of benzene rings is 1. The normalized spacial score (nSPS) is 14.2. The van der Waals surface area contributed by atoms with E-state index in [4.69, 9.17) is 10.5 Å². The van der Waals surface area contributed by atoms with Crippen molar-refractivity contribution >= 4 is 5.82 Å². The SMILES string of the molecule is CCOc1cccc(-n2nc(N)c3c2CCCC3)c1. The number of ether oxygens (including phenoxy) is 1. The molecule has 0 atom stereocenters. The fourth-order valence-electron chi connectivity index (χ4n) is 2.71. The van der Waals surface area contributed by atoms with Crippen molar-refractivity contribution in [2.24, 2.45) is 0 Å². The first kappa shape index (κ1) is 12.1. The first-order chi connectivity index (χ1) is 9.29. The van der Waals surface area contributed by atoms with Gasteiger partial charge in [-0.2, -0.15) is 5.10 Å². The Hall–Kier alpha value is -1.97. The van der Waals surface area contributed by atoms with E-state index in [0.717, 1.165) is 24.3 Å². The summed E-state index contributed by atoms with van der Waals surface area (Å²) >= 11 is 0. The molecule has 0 fully saturated rings. The maximum atomic E-state index is 6.03. The molecule has 1 aliphatic rings.